The zero-order valence-electron chi connectivity index (χ0n) is 14.3. The summed E-state index contributed by atoms with van der Waals surface area (Å²) in [6, 6.07) is 13.0. The maximum atomic E-state index is 12.4. The third-order valence-electron chi connectivity index (χ3n) is 3.58. The lowest BCUT2D eigenvalue weighted by molar-refractivity contribution is 0.0950. The normalized spacial score (nSPS) is 10.3. The number of methoxy groups -OCH3 is 2. The van der Waals surface area contributed by atoms with Gasteiger partial charge < -0.3 is 19.5 Å². The molecule has 0 aliphatic rings. The number of carbonyl (C=O) groups excluding carboxylic acids is 1. The van der Waals surface area contributed by atoms with Gasteiger partial charge in [-0.15, -0.1) is 0 Å². The summed E-state index contributed by atoms with van der Waals surface area (Å²) in [6.07, 6.45) is 0. The molecule has 24 heavy (non-hydrogen) atoms. The first-order valence-corrected chi connectivity index (χ1v) is 7.84. The molecule has 0 aliphatic heterocycles. The van der Waals surface area contributed by atoms with Crippen LogP contribution in [0.15, 0.2) is 42.5 Å². The van der Waals surface area contributed by atoms with Crippen LogP contribution in [0.1, 0.15) is 28.4 Å². The molecule has 0 atom stereocenters. The molecule has 0 aromatic heterocycles. The van der Waals surface area contributed by atoms with E-state index >= 15 is 0 Å². The quantitative estimate of drug-likeness (QED) is 0.808. The average Bonchev–Trinajstić information content (AvgIpc) is 2.61. The van der Waals surface area contributed by atoms with Gasteiger partial charge in [-0.2, -0.15) is 0 Å². The van der Waals surface area contributed by atoms with Crippen LogP contribution in [0, 0.1) is 0 Å². The smallest absolute Gasteiger partial charge is 0.251 e. The number of rotatable bonds is 8. The van der Waals surface area contributed by atoms with Crippen LogP contribution >= 0.6 is 0 Å². The molecule has 0 unspecified atom stereocenters. The minimum absolute atomic E-state index is 0.161. The van der Waals surface area contributed by atoms with E-state index < -0.39 is 0 Å². The van der Waals surface area contributed by atoms with E-state index in [1.165, 1.54) is 0 Å². The number of amides is 1. The molecule has 2 aromatic carbocycles. The van der Waals surface area contributed by atoms with Gasteiger partial charge in [0.2, 0.25) is 0 Å². The van der Waals surface area contributed by atoms with Crippen molar-refractivity contribution in [3.8, 4) is 11.5 Å². The van der Waals surface area contributed by atoms with E-state index in [0.29, 0.717) is 36.8 Å². The third kappa shape index (κ3) is 4.49. The van der Waals surface area contributed by atoms with Crippen LogP contribution in [0.5, 0.6) is 11.5 Å². The molecule has 0 aliphatic carbocycles. The third-order valence-corrected chi connectivity index (χ3v) is 3.58. The Morgan fingerprint density at radius 2 is 1.79 bits per heavy atom. The molecular formula is C19H23NO4. The second-order valence-corrected chi connectivity index (χ2v) is 5.18. The van der Waals surface area contributed by atoms with Crippen molar-refractivity contribution in [1.82, 2.24) is 5.32 Å². The summed E-state index contributed by atoms with van der Waals surface area (Å²) in [5, 5.41) is 2.93. The summed E-state index contributed by atoms with van der Waals surface area (Å²) >= 11 is 0. The molecular weight excluding hydrogens is 306 g/mol. The minimum Gasteiger partial charge on any atom is -0.493 e. The standard InChI is InChI=1S/C19H23NO4/c1-4-24-18-11-14(9-10-17(18)23-3)19(21)20-12-15-7-5-6-8-16(15)13-22-2/h5-11H,4,12-13H2,1-3H3,(H,20,21). The first-order valence-electron chi connectivity index (χ1n) is 7.84. The fourth-order valence-electron chi connectivity index (χ4n) is 2.39. The number of hydrogen-bond donors (Lipinski definition) is 1. The highest BCUT2D eigenvalue weighted by Crippen LogP contribution is 2.28. The van der Waals surface area contributed by atoms with Gasteiger partial charge in [-0.1, -0.05) is 24.3 Å². The SMILES string of the molecule is CCOc1cc(C(=O)NCc2ccccc2COC)ccc1OC. The number of hydrogen-bond acceptors (Lipinski definition) is 4. The molecule has 0 saturated heterocycles. The second-order valence-electron chi connectivity index (χ2n) is 5.18. The van der Waals surface area contributed by atoms with Gasteiger partial charge in [0.1, 0.15) is 0 Å². The summed E-state index contributed by atoms with van der Waals surface area (Å²) in [5.41, 5.74) is 2.62. The zero-order valence-corrected chi connectivity index (χ0v) is 14.3. The Balaban J connectivity index is 2.09. The predicted molar refractivity (Wildman–Crippen MR) is 92.5 cm³/mol. The molecule has 0 fully saturated rings. The van der Waals surface area contributed by atoms with Crippen molar-refractivity contribution in [2.75, 3.05) is 20.8 Å². The molecule has 1 N–H and O–H groups in total. The van der Waals surface area contributed by atoms with Gasteiger partial charge >= 0.3 is 0 Å². The van der Waals surface area contributed by atoms with Gasteiger partial charge in [-0.05, 0) is 36.2 Å². The van der Waals surface area contributed by atoms with Crippen LogP contribution in [-0.4, -0.2) is 26.7 Å². The van der Waals surface area contributed by atoms with Crippen molar-refractivity contribution in [1.29, 1.82) is 0 Å². The molecule has 2 rings (SSSR count). The zero-order chi connectivity index (χ0) is 17.4. The van der Waals surface area contributed by atoms with Crippen LogP contribution in [0.3, 0.4) is 0 Å². The molecule has 0 bridgehead atoms. The molecule has 128 valence electrons. The minimum atomic E-state index is -0.161. The van der Waals surface area contributed by atoms with Crippen LogP contribution in [0.2, 0.25) is 0 Å². The lowest BCUT2D eigenvalue weighted by Gasteiger charge is -2.12. The maximum Gasteiger partial charge on any atom is 0.251 e. The van der Waals surface area contributed by atoms with E-state index in [2.05, 4.69) is 5.32 Å². The Labute approximate surface area is 142 Å². The van der Waals surface area contributed by atoms with Crippen LogP contribution in [0.4, 0.5) is 0 Å². The first-order chi connectivity index (χ1) is 11.7. The summed E-state index contributed by atoms with van der Waals surface area (Å²) in [4.78, 5) is 12.4. The Morgan fingerprint density at radius 3 is 2.46 bits per heavy atom. The van der Waals surface area contributed by atoms with Crippen LogP contribution in [0.25, 0.3) is 0 Å². The second kappa shape index (κ2) is 8.93. The van der Waals surface area contributed by atoms with Crippen molar-refractivity contribution in [2.24, 2.45) is 0 Å². The molecule has 0 spiro atoms. The van der Waals surface area contributed by atoms with E-state index in [1.54, 1.807) is 32.4 Å². The predicted octanol–water partition coefficient (Wildman–Crippen LogP) is 3.17. The number of benzene rings is 2. The van der Waals surface area contributed by atoms with Crippen molar-refractivity contribution in [3.05, 3.63) is 59.2 Å². The number of ether oxygens (including phenoxy) is 3. The Bertz CT molecular complexity index is 685. The highest BCUT2D eigenvalue weighted by molar-refractivity contribution is 5.94. The van der Waals surface area contributed by atoms with Crippen molar-refractivity contribution in [2.45, 2.75) is 20.1 Å². The molecule has 2 aromatic rings. The van der Waals surface area contributed by atoms with Gasteiger partial charge in [-0.25, -0.2) is 0 Å². The van der Waals surface area contributed by atoms with Crippen molar-refractivity contribution < 1.29 is 19.0 Å². The highest BCUT2D eigenvalue weighted by atomic mass is 16.5. The number of nitrogens with one attached hydrogen (secondary N) is 1. The Hall–Kier alpha value is -2.53. The van der Waals surface area contributed by atoms with Gasteiger partial charge in [0.25, 0.3) is 5.91 Å². The summed E-state index contributed by atoms with van der Waals surface area (Å²) in [6.45, 7) is 3.35. The molecule has 1 amide bonds. The monoisotopic (exact) mass is 329 g/mol. The maximum absolute atomic E-state index is 12.4. The molecule has 5 nitrogen and oxygen atoms in total. The fraction of sp³-hybridized carbons (Fsp3) is 0.316. The van der Waals surface area contributed by atoms with E-state index in [1.807, 2.05) is 31.2 Å². The molecule has 0 saturated carbocycles. The summed E-state index contributed by atoms with van der Waals surface area (Å²) in [7, 11) is 3.23. The Morgan fingerprint density at radius 1 is 1.04 bits per heavy atom. The largest absolute Gasteiger partial charge is 0.493 e. The van der Waals surface area contributed by atoms with Gasteiger partial charge in [-0.3, -0.25) is 4.79 Å². The van der Waals surface area contributed by atoms with E-state index in [-0.39, 0.29) is 5.91 Å². The lowest BCUT2D eigenvalue weighted by Crippen LogP contribution is -2.23. The number of carbonyl (C=O) groups is 1. The van der Waals surface area contributed by atoms with E-state index in [0.717, 1.165) is 11.1 Å². The fourth-order valence-corrected chi connectivity index (χ4v) is 2.39. The molecule has 0 heterocycles. The Kier molecular flexibility index (Phi) is 6.63. The van der Waals surface area contributed by atoms with Crippen LogP contribution < -0.4 is 14.8 Å². The molecule has 0 radical (unpaired) electrons. The topological polar surface area (TPSA) is 56.8 Å². The van der Waals surface area contributed by atoms with E-state index in [4.69, 9.17) is 14.2 Å². The van der Waals surface area contributed by atoms with E-state index in [9.17, 15) is 4.79 Å². The summed E-state index contributed by atoms with van der Waals surface area (Å²) in [5.74, 6) is 1.01. The van der Waals surface area contributed by atoms with Gasteiger partial charge in [0.05, 0.1) is 20.3 Å². The molecule has 5 heteroatoms. The average molecular weight is 329 g/mol. The van der Waals surface area contributed by atoms with Gasteiger partial charge in [0, 0.05) is 19.2 Å². The van der Waals surface area contributed by atoms with Crippen molar-refractivity contribution >= 4 is 5.91 Å². The van der Waals surface area contributed by atoms with Crippen LogP contribution in [-0.2, 0) is 17.9 Å². The lowest BCUT2D eigenvalue weighted by atomic mass is 10.1. The first kappa shape index (κ1) is 17.8. The van der Waals surface area contributed by atoms with Gasteiger partial charge in [0.15, 0.2) is 11.5 Å². The van der Waals surface area contributed by atoms with Crippen molar-refractivity contribution in [3.63, 3.8) is 0 Å². The highest BCUT2D eigenvalue weighted by Gasteiger charge is 2.11. The summed E-state index contributed by atoms with van der Waals surface area (Å²) < 4.78 is 15.9.